The van der Waals surface area contributed by atoms with Crippen LogP contribution in [0, 0.1) is 0 Å². The van der Waals surface area contributed by atoms with Crippen molar-refractivity contribution in [3.8, 4) is 11.8 Å². The Bertz CT molecular complexity index is 670. The highest BCUT2D eigenvalue weighted by Crippen LogP contribution is 2.30. The van der Waals surface area contributed by atoms with E-state index in [1.807, 2.05) is 0 Å². The van der Waals surface area contributed by atoms with Gasteiger partial charge in [0.15, 0.2) is 0 Å². The molecule has 160 valence electrons. The topological polar surface area (TPSA) is 53.5 Å². The largest absolute Gasteiger partial charge is 0.478 e. The number of ether oxygens (including phenoxy) is 3. The van der Waals surface area contributed by atoms with Crippen molar-refractivity contribution in [3.05, 3.63) is 47.8 Å². The SMILES string of the molecule is FC(F)(F)c1ccc(OCCCOCCCOc2ccc(C(F)(F)F)cn2)nc1. The molecular formula is C18H18F6N2O3. The highest BCUT2D eigenvalue weighted by Gasteiger charge is 2.31. The molecule has 0 N–H and O–H groups in total. The smallest absolute Gasteiger partial charge is 0.417 e. The average Bonchev–Trinajstić information content (AvgIpc) is 2.66. The second kappa shape index (κ2) is 10.3. The first-order valence-electron chi connectivity index (χ1n) is 8.56. The number of alkyl halides is 6. The molecule has 0 aliphatic heterocycles. The molecule has 11 heteroatoms. The number of rotatable bonds is 10. The second-order valence-electron chi connectivity index (χ2n) is 5.78. The van der Waals surface area contributed by atoms with Crippen LogP contribution < -0.4 is 9.47 Å². The molecule has 0 aromatic carbocycles. The molecule has 0 bridgehead atoms. The van der Waals surface area contributed by atoms with Crippen LogP contribution in [0.1, 0.15) is 24.0 Å². The van der Waals surface area contributed by atoms with Gasteiger partial charge in [-0.15, -0.1) is 0 Å². The zero-order valence-electron chi connectivity index (χ0n) is 15.1. The Morgan fingerprint density at radius 3 is 1.34 bits per heavy atom. The fourth-order valence-corrected chi connectivity index (χ4v) is 2.04. The number of halogens is 6. The van der Waals surface area contributed by atoms with E-state index >= 15 is 0 Å². The molecule has 2 aromatic rings. The fourth-order valence-electron chi connectivity index (χ4n) is 2.04. The van der Waals surface area contributed by atoms with Crippen LogP contribution in [-0.2, 0) is 17.1 Å². The first kappa shape index (κ1) is 22.7. The van der Waals surface area contributed by atoms with Crippen LogP contribution in [0.2, 0.25) is 0 Å². The molecule has 0 aliphatic rings. The summed E-state index contributed by atoms with van der Waals surface area (Å²) >= 11 is 0. The van der Waals surface area contributed by atoms with Gasteiger partial charge in [-0.3, -0.25) is 0 Å². The van der Waals surface area contributed by atoms with Crippen LogP contribution in [0.15, 0.2) is 36.7 Å². The number of nitrogens with zero attached hydrogens (tertiary/aromatic N) is 2. The first-order valence-corrected chi connectivity index (χ1v) is 8.56. The maximum absolute atomic E-state index is 12.4. The highest BCUT2D eigenvalue weighted by atomic mass is 19.4. The minimum atomic E-state index is -4.44. The van der Waals surface area contributed by atoms with E-state index in [4.69, 9.17) is 14.2 Å². The normalized spacial score (nSPS) is 12.1. The predicted molar refractivity (Wildman–Crippen MR) is 89.5 cm³/mol. The van der Waals surface area contributed by atoms with E-state index in [2.05, 4.69) is 9.97 Å². The Morgan fingerprint density at radius 2 is 1.03 bits per heavy atom. The van der Waals surface area contributed by atoms with E-state index in [-0.39, 0.29) is 25.0 Å². The molecule has 2 rings (SSSR count). The zero-order valence-corrected chi connectivity index (χ0v) is 15.1. The molecule has 0 spiro atoms. The number of hydrogen-bond acceptors (Lipinski definition) is 5. The Morgan fingerprint density at radius 1 is 0.621 bits per heavy atom. The lowest BCUT2D eigenvalue weighted by Gasteiger charge is -2.09. The molecule has 2 aromatic heterocycles. The van der Waals surface area contributed by atoms with Gasteiger partial charge >= 0.3 is 12.4 Å². The number of hydrogen-bond donors (Lipinski definition) is 0. The molecular weight excluding hydrogens is 406 g/mol. The van der Waals surface area contributed by atoms with E-state index in [1.165, 1.54) is 0 Å². The van der Waals surface area contributed by atoms with Gasteiger partial charge in [-0.2, -0.15) is 26.3 Å². The summed E-state index contributed by atoms with van der Waals surface area (Å²) in [4.78, 5) is 7.17. The van der Waals surface area contributed by atoms with Crippen molar-refractivity contribution in [3.63, 3.8) is 0 Å². The van der Waals surface area contributed by atoms with E-state index < -0.39 is 23.5 Å². The van der Waals surface area contributed by atoms with Gasteiger partial charge in [-0.05, 0) is 12.1 Å². The van der Waals surface area contributed by atoms with Crippen molar-refractivity contribution in [1.82, 2.24) is 9.97 Å². The molecule has 0 amide bonds. The number of aromatic nitrogens is 2. The standard InChI is InChI=1S/C18H18F6N2O3/c19-17(20,21)13-3-5-15(25-11-13)28-9-1-7-27-8-2-10-29-16-6-4-14(12-26-16)18(22,23)24/h3-6,11-12H,1-2,7-10H2. The summed E-state index contributed by atoms with van der Waals surface area (Å²) in [6.45, 7) is 1.17. The molecule has 0 aliphatic carbocycles. The van der Waals surface area contributed by atoms with E-state index in [0.717, 1.165) is 24.3 Å². The van der Waals surface area contributed by atoms with Crippen LogP contribution in [0.5, 0.6) is 11.8 Å². The maximum atomic E-state index is 12.4. The van der Waals surface area contributed by atoms with Gasteiger partial charge in [0.25, 0.3) is 0 Å². The van der Waals surface area contributed by atoms with Crippen LogP contribution in [0.3, 0.4) is 0 Å². The van der Waals surface area contributed by atoms with Gasteiger partial charge in [-0.1, -0.05) is 0 Å². The third-order valence-electron chi connectivity index (χ3n) is 3.49. The molecule has 29 heavy (non-hydrogen) atoms. The Kier molecular flexibility index (Phi) is 8.06. The van der Waals surface area contributed by atoms with Crippen molar-refractivity contribution in [2.24, 2.45) is 0 Å². The van der Waals surface area contributed by atoms with Crippen LogP contribution >= 0.6 is 0 Å². The van der Waals surface area contributed by atoms with Gasteiger partial charge in [0.05, 0.1) is 24.3 Å². The van der Waals surface area contributed by atoms with E-state index in [0.29, 0.717) is 38.4 Å². The van der Waals surface area contributed by atoms with Crippen molar-refractivity contribution in [2.45, 2.75) is 25.2 Å². The summed E-state index contributed by atoms with van der Waals surface area (Å²) in [6, 6.07) is 4.08. The Balaban J connectivity index is 1.51. The van der Waals surface area contributed by atoms with Crippen LogP contribution in [0.25, 0.3) is 0 Å². The Labute approximate surface area is 162 Å². The molecule has 0 fully saturated rings. The third kappa shape index (κ3) is 8.14. The zero-order chi connectivity index (χ0) is 21.3. The summed E-state index contributed by atoms with van der Waals surface area (Å²) in [7, 11) is 0. The Hall–Kier alpha value is -2.56. The minimum absolute atomic E-state index is 0.0930. The van der Waals surface area contributed by atoms with Crippen molar-refractivity contribution in [1.29, 1.82) is 0 Å². The molecule has 2 heterocycles. The minimum Gasteiger partial charge on any atom is -0.478 e. The first-order chi connectivity index (χ1) is 13.7. The summed E-state index contributed by atoms with van der Waals surface area (Å²) in [5, 5.41) is 0. The lowest BCUT2D eigenvalue weighted by atomic mass is 10.3. The van der Waals surface area contributed by atoms with Crippen LogP contribution in [0.4, 0.5) is 26.3 Å². The second-order valence-corrected chi connectivity index (χ2v) is 5.78. The number of pyridine rings is 2. The summed E-state index contributed by atoms with van der Waals surface area (Å²) in [5.74, 6) is 0.186. The molecule has 0 saturated heterocycles. The van der Waals surface area contributed by atoms with E-state index in [1.54, 1.807) is 0 Å². The van der Waals surface area contributed by atoms with Gasteiger partial charge < -0.3 is 14.2 Å². The molecule has 0 saturated carbocycles. The van der Waals surface area contributed by atoms with Gasteiger partial charge in [0.2, 0.25) is 11.8 Å². The summed E-state index contributed by atoms with van der Waals surface area (Å²) in [5.41, 5.74) is -1.69. The van der Waals surface area contributed by atoms with Gasteiger partial charge in [-0.25, -0.2) is 9.97 Å². The fraction of sp³-hybridized carbons (Fsp3) is 0.444. The molecule has 0 radical (unpaired) electrons. The third-order valence-corrected chi connectivity index (χ3v) is 3.49. The quantitative estimate of drug-likeness (QED) is 0.406. The lowest BCUT2D eigenvalue weighted by molar-refractivity contribution is -0.138. The molecule has 5 nitrogen and oxygen atoms in total. The predicted octanol–water partition coefficient (Wildman–Crippen LogP) is 4.77. The van der Waals surface area contributed by atoms with Gasteiger partial charge in [0, 0.05) is 50.6 Å². The van der Waals surface area contributed by atoms with Gasteiger partial charge in [0.1, 0.15) is 0 Å². The lowest BCUT2D eigenvalue weighted by Crippen LogP contribution is -2.09. The molecule has 0 atom stereocenters. The monoisotopic (exact) mass is 424 g/mol. The van der Waals surface area contributed by atoms with Crippen molar-refractivity contribution < 1.29 is 40.6 Å². The van der Waals surface area contributed by atoms with Crippen molar-refractivity contribution >= 4 is 0 Å². The highest BCUT2D eigenvalue weighted by molar-refractivity contribution is 5.20. The van der Waals surface area contributed by atoms with Crippen molar-refractivity contribution in [2.75, 3.05) is 26.4 Å². The summed E-state index contributed by atoms with van der Waals surface area (Å²) in [6.07, 6.45) is -6.46. The molecule has 0 unspecified atom stereocenters. The van der Waals surface area contributed by atoms with Crippen LogP contribution in [-0.4, -0.2) is 36.4 Å². The maximum Gasteiger partial charge on any atom is 0.417 e. The average molecular weight is 424 g/mol. The summed E-state index contributed by atoms with van der Waals surface area (Å²) < 4.78 is 90.2. The van der Waals surface area contributed by atoms with E-state index in [9.17, 15) is 26.3 Å².